The Morgan fingerprint density at radius 1 is 1.60 bits per heavy atom. The maximum absolute atomic E-state index is 10.8. The molecule has 0 aromatic rings. The maximum Gasteiger partial charge on any atom is 0.225 e. The van der Waals surface area contributed by atoms with Gasteiger partial charge in [-0.15, -0.1) is 0 Å². The number of rotatable bonds is 0. The lowest BCUT2D eigenvalue weighted by Gasteiger charge is -2.17. The number of hydrogen-bond donors (Lipinski definition) is 3. The van der Waals surface area contributed by atoms with E-state index in [-0.39, 0.29) is 12.1 Å². The summed E-state index contributed by atoms with van der Waals surface area (Å²) in [5, 5.41) is 8.99. The van der Waals surface area contributed by atoms with Crippen LogP contribution in [-0.4, -0.2) is 18.7 Å². The molecule has 0 aromatic carbocycles. The standard InChI is InChI=1S/C6H9N3O/c10-5-2-1-4-6(9-5)8-3-7-4/h1,6-8H,2-3H2,(H,9,10). The predicted molar refractivity (Wildman–Crippen MR) is 35.8 cm³/mol. The van der Waals surface area contributed by atoms with Crippen molar-refractivity contribution >= 4 is 5.91 Å². The molecule has 1 fully saturated rings. The van der Waals surface area contributed by atoms with Gasteiger partial charge in [-0.25, -0.2) is 0 Å². The zero-order valence-corrected chi connectivity index (χ0v) is 5.48. The highest BCUT2D eigenvalue weighted by atomic mass is 16.1. The zero-order chi connectivity index (χ0) is 6.97. The summed E-state index contributed by atoms with van der Waals surface area (Å²) in [5.74, 6) is 0.0879. The third kappa shape index (κ3) is 0.769. The molecule has 1 amide bonds. The molecule has 2 rings (SSSR count). The van der Waals surface area contributed by atoms with E-state index in [1.54, 1.807) is 0 Å². The van der Waals surface area contributed by atoms with Gasteiger partial charge in [0.15, 0.2) is 0 Å². The first kappa shape index (κ1) is 5.73. The third-order valence-electron chi connectivity index (χ3n) is 1.72. The monoisotopic (exact) mass is 139 g/mol. The molecule has 0 aliphatic carbocycles. The van der Waals surface area contributed by atoms with Gasteiger partial charge < -0.3 is 10.6 Å². The fourth-order valence-corrected chi connectivity index (χ4v) is 1.21. The van der Waals surface area contributed by atoms with Crippen molar-refractivity contribution < 1.29 is 4.79 Å². The van der Waals surface area contributed by atoms with Crippen LogP contribution in [0.5, 0.6) is 0 Å². The Bertz CT molecular complexity index is 199. The number of carbonyl (C=O) groups excluding carboxylic acids is 1. The first-order valence-corrected chi connectivity index (χ1v) is 3.33. The highest BCUT2D eigenvalue weighted by molar-refractivity contribution is 5.79. The molecule has 1 atom stereocenters. The first-order chi connectivity index (χ1) is 4.86. The van der Waals surface area contributed by atoms with E-state index < -0.39 is 0 Å². The second-order valence-corrected chi connectivity index (χ2v) is 2.42. The first-order valence-electron chi connectivity index (χ1n) is 3.33. The van der Waals surface area contributed by atoms with E-state index in [0.29, 0.717) is 6.42 Å². The summed E-state index contributed by atoms with van der Waals surface area (Å²) in [5.41, 5.74) is 1.10. The Balaban J connectivity index is 2.20. The summed E-state index contributed by atoms with van der Waals surface area (Å²) < 4.78 is 0. The van der Waals surface area contributed by atoms with E-state index in [0.717, 1.165) is 12.4 Å². The van der Waals surface area contributed by atoms with Crippen LogP contribution in [0.3, 0.4) is 0 Å². The SMILES string of the molecule is O=C1CC=C2NCNC2N1. The molecule has 0 aromatic heterocycles. The Hall–Kier alpha value is -1.03. The van der Waals surface area contributed by atoms with Crippen LogP contribution in [-0.2, 0) is 4.79 Å². The minimum absolute atomic E-state index is 0.0428. The quantitative estimate of drug-likeness (QED) is 0.398. The summed E-state index contributed by atoms with van der Waals surface area (Å²) >= 11 is 0. The minimum Gasteiger partial charge on any atom is -0.373 e. The van der Waals surface area contributed by atoms with E-state index >= 15 is 0 Å². The van der Waals surface area contributed by atoms with Gasteiger partial charge in [0.2, 0.25) is 5.91 Å². The highest BCUT2D eigenvalue weighted by Crippen LogP contribution is 2.07. The molecule has 2 aliphatic heterocycles. The molecule has 4 heteroatoms. The van der Waals surface area contributed by atoms with Crippen LogP contribution in [0.15, 0.2) is 11.8 Å². The second kappa shape index (κ2) is 1.98. The summed E-state index contributed by atoms with van der Waals surface area (Å²) in [7, 11) is 0. The normalized spacial score (nSPS) is 30.2. The van der Waals surface area contributed by atoms with Crippen LogP contribution < -0.4 is 16.0 Å². The van der Waals surface area contributed by atoms with Gasteiger partial charge in [0, 0.05) is 12.1 Å². The lowest BCUT2D eigenvalue weighted by molar-refractivity contribution is -0.121. The number of carbonyl (C=O) groups is 1. The van der Waals surface area contributed by atoms with E-state index in [1.807, 2.05) is 6.08 Å². The van der Waals surface area contributed by atoms with Crippen LogP contribution in [0.2, 0.25) is 0 Å². The molecule has 0 saturated carbocycles. The number of hydrogen-bond acceptors (Lipinski definition) is 3. The van der Waals surface area contributed by atoms with Gasteiger partial charge in [0.05, 0.1) is 6.67 Å². The Kier molecular flexibility index (Phi) is 1.14. The van der Waals surface area contributed by atoms with Crippen molar-refractivity contribution in [1.29, 1.82) is 0 Å². The molecule has 0 bridgehead atoms. The van der Waals surface area contributed by atoms with Crippen LogP contribution >= 0.6 is 0 Å². The van der Waals surface area contributed by atoms with Crippen molar-refractivity contribution in [1.82, 2.24) is 16.0 Å². The van der Waals surface area contributed by atoms with Crippen molar-refractivity contribution in [3.05, 3.63) is 11.8 Å². The Morgan fingerprint density at radius 3 is 3.40 bits per heavy atom. The van der Waals surface area contributed by atoms with Crippen molar-refractivity contribution in [2.24, 2.45) is 0 Å². The lowest BCUT2D eigenvalue weighted by Crippen LogP contribution is -2.44. The highest BCUT2D eigenvalue weighted by Gasteiger charge is 2.24. The van der Waals surface area contributed by atoms with Crippen LogP contribution in [0, 0.1) is 0 Å². The number of fused-ring (bicyclic) bond motifs is 1. The number of amides is 1. The largest absolute Gasteiger partial charge is 0.373 e. The molecule has 0 spiro atoms. The Labute approximate surface area is 58.7 Å². The summed E-state index contributed by atoms with van der Waals surface area (Å²) in [6.45, 7) is 0.747. The van der Waals surface area contributed by atoms with Gasteiger partial charge in [-0.3, -0.25) is 10.1 Å². The van der Waals surface area contributed by atoms with Gasteiger partial charge in [-0.2, -0.15) is 0 Å². The molecule has 0 radical (unpaired) electrons. The van der Waals surface area contributed by atoms with Gasteiger partial charge in [-0.05, 0) is 0 Å². The van der Waals surface area contributed by atoms with Gasteiger partial charge >= 0.3 is 0 Å². The van der Waals surface area contributed by atoms with E-state index in [9.17, 15) is 4.79 Å². The Morgan fingerprint density at radius 2 is 2.50 bits per heavy atom. The fraction of sp³-hybridized carbons (Fsp3) is 0.500. The average molecular weight is 139 g/mol. The molecule has 1 saturated heterocycles. The van der Waals surface area contributed by atoms with Crippen LogP contribution in [0.25, 0.3) is 0 Å². The van der Waals surface area contributed by atoms with Crippen molar-refractivity contribution in [2.45, 2.75) is 12.6 Å². The van der Waals surface area contributed by atoms with E-state index in [4.69, 9.17) is 0 Å². The molecular weight excluding hydrogens is 130 g/mol. The van der Waals surface area contributed by atoms with Crippen molar-refractivity contribution in [3.8, 4) is 0 Å². The van der Waals surface area contributed by atoms with Crippen LogP contribution in [0.4, 0.5) is 0 Å². The molecule has 10 heavy (non-hydrogen) atoms. The summed E-state index contributed by atoms with van der Waals surface area (Å²) in [4.78, 5) is 10.8. The third-order valence-corrected chi connectivity index (χ3v) is 1.72. The lowest BCUT2D eigenvalue weighted by atomic mass is 10.2. The van der Waals surface area contributed by atoms with Gasteiger partial charge in [0.1, 0.15) is 6.17 Å². The average Bonchev–Trinajstić information content (AvgIpc) is 2.33. The molecule has 1 unspecified atom stereocenters. The molecule has 54 valence electrons. The zero-order valence-electron chi connectivity index (χ0n) is 5.48. The molecular formula is C6H9N3O. The predicted octanol–water partition coefficient (Wildman–Crippen LogP) is -1.13. The smallest absolute Gasteiger partial charge is 0.225 e. The van der Waals surface area contributed by atoms with E-state index in [1.165, 1.54) is 0 Å². The van der Waals surface area contributed by atoms with Crippen molar-refractivity contribution in [2.75, 3.05) is 6.67 Å². The maximum atomic E-state index is 10.8. The fourth-order valence-electron chi connectivity index (χ4n) is 1.21. The summed E-state index contributed by atoms with van der Waals surface area (Å²) in [6, 6.07) is 0. The summed E-state index contributed by atoms with van der Waals surface area (Å²) in [6.07, 6.45) is 2.46. The minimum atomic E-state index is 0.0428. The number of nitrogens with one attached hydrogen (secondary N) is 3. The topological polar surface area (TPSA) is 53.2 Å². The molecule has 2 heterocycles. The van der Waals surface area contributed by atoms with E-state index in [2.05, 4.69) is 16.0 Å². The second-order valence-electron chi connectivity index (χ2n) is 2.42. The van der Waals surface area contributed by atoms with Crippen LogP contribution in [0.1, 0.15) is 6.42 Å². The van der Waals surface area contributed by atoms with Crippen molar-refractivity contribution in [3.63, 3.8) is 0 Å². The molecule has 2 aliphatic rings. The van der Waals surface area contributed by atoms with Gasteiger partial charge in [-0.1, -0.05) is 6.08 Å². The van der Waals surface area contributed by atoms with Gasteiger partial charge in [0.25, 0.3) is 0 Å². The molecule has 3 N–H and O–H groups in total. The molecule has 4 nitrogen and oxygen atoms in total.